The Labute approximate surface area is 178 Å². The lowest BCUT2D eigenvalue weighted by molar-refractivity contribution is 0.0495. The molecule has 0 amide bonds. The van der Waals surface area contributed by atoms with Crippen molar-refractivity contribution in [3.8, 4) is 5.75 Å². The summed E-state index contributed by atoms with van der Waals surface area (Å²) in [7, 11) is 2.26. The lowest BCUT2D eigenvalue weighted by Gasteiger charge is -2.32. The molecule has 2 aromatic carbocycles. The van der Waals surface area contributed by atoms with Crippen LogP contribution in [0.2, 0.25) is 0 Å². The molecule has 29 heavy (non-hydrogen) atoms. The predicted octanol–water partition coefficient (Wildman–Crippen LogP) is 6.13. The molecule has 0 heterocycles. The molecule has 0 fully saturated rings. The zero-order chi connectivity index (χ0) is 21.7. The Balaban J connectivity index is 2.50. The fourth-order valence-corrected chi connectivity index (χ4v) is 4.87. The van der Waals surface area contributed by atoms with E-state index in [2.05, 4.69) is 84.9 Å². The Morgan fingerprint density at radius 1 is 1.07 bits per heavy atom. The summed E-state index contributed by atoms with van der Waals surface area (Å²) in [5.41, 5.74) is 4.79. The minimum Gasteiger partial charge on any atom is -0.467 e. The molecule has 0 aromatic heterocycles. The van der Waals surface area contributed by atoms with Gasteiger partial charge in [-0.25, -0.2) is 0 Å². The fraction of sp³-hybridized carbons (Fsp3) is 0.480. The summed E-state index contributed by atoms with van der Waals surface area (Å²) < 4.78 is 11.2. The first kappa shape index (κ1) is 23.6. The second kappa shape index (κ2) is 9.87. The predicted molar refractivity (Wildman–Crippen MR) is 128 cm³/mol. The lowest BCUT2D eigenvalue weighted by atomic mass is 9.92. The summed E-state index contributed by atoms with van der Waals surface area (Å²) in [6.45, 7) is 15.5. The third kappa shape index (κ3) is 6.39. The van der Waals surface area contributed by atoms with E-state index in [1.807, 2.05) is 6.21 Å². The van der Waals surface area contributed by atoms with Gasteiger partial charge < -0.3 is 9.47 Å². The molecule has 3 nitrogen and oxygen atoms in total. The largest absolute Gasteiger partial charge is 0.467 e. The van der Waals surface area contributed by atoms with Gasteiger partial charge in [0, 0.05) is 24.0 Å². The second-order valence-electron chi connectivity index (χ2n) is 8.84. The topological polar surface area (TPSA) is 30.8 Å². The average molecular weight is 414 g/mol. The molecule has 0 radical (unpaired) electrons. The second-order valence-corrected chi connectivity index (χ2v) is 10.7. The first-order valence-corrected chi connectivity index (χ1v) is 11.3. The highest BCUT2D eigenvalue weighted by molar-refractivity contribution is 7.48. The highest BCUT2D eigenvalue weighted by Crippen LogP contribution is 2.48. The van der Waals surface area contributed by atoms with E-state index >= 15 is 0 Å². The van der Waals surface area contributed by atoms with Crippen molar-refractivity contribution in [3.05, 3.63) is 58.7 Å². The van der Waals surface area contributed by atoms with Gasteiger partial charge in [0.2, 0.25) is 0 Å². The van der Waals surface area contributed by atoms with E-state index in [-0.39, 0.29) is 17.5 Å². The van der Waals surface area contributed by atoms with E-state index in [0.29, 0.717) is 8.58 Å². The summed E-state index contributed by atoms with van der Waals surface area (Å²) in [4.78, 5) is 4.74. The number of hydrogen-bond acceptors (Lipinski definition) is 3. The van der Waals surface area contributed by atoms with E-state index in [1.165, 1.54) is 22.0 Å². The van der Waals surface area contributed by atoms with Crippen molar-refractivity contribution in [3.63, 3.8) is 0 Å². The number of methoxy groups -OCH3 is 1. The Morgan fingerprint density at radius 3 is 2.38 bits per heavy atom. The molecule has 0 saturated heterocycles. The van der Waals surface area contributed by atoms with Crippen LogP contribution in [0.1, 0.15) is 63.3 Å². The molecule has 0 N–H and O–H groups in total. The maximum Gasteiger partial charge on any atom is 0.188 e. The number of aryl methyl sites for hydroxylation is 2. The molecule has 2 unspecified atom stereocenters. The van der Waals surface area contributed by atoms with Gasteiger partial charge in [0.1, 0.15) is 5.75 Å². The molecule has 2 aromatic rings. The third-order valence-electron chi connectivity index (χ3n) is 5.00. The number of rotatable bonds is 8. The Morgan fingerprint density at radius 2 is 1.76 bits per heavy atom. The van der Waals surface area contributed by atoms with Crippen LogP contribution in [-0.2, 0) is 9.89 Å². The summed E-state index contributed by atoms with van der Waals surface area (Å²) >= 11 is 0. The zero-order valence-corrected chi connectivity index (χ0v) is 20.2. The van der Waals surface area contributed by atoms with E-state index in [9.17, 15) is 0 Å². The van der Waals surface area contributed by atoms with Crippen molar-refractivity contribution >= 4 is 20.1 Å². The van der Waals surface area contributed by atoms with Crippen LogP contribution in [0, 0.1) is 13.8 Å². The van der Waals surface area contributed by atoms with Gasteiger partial charge in [0.25, 0.3) is 0 Å². The molecule has 0 aliphatic rings. The Hall–Kier alpha value is -1.70. The standard InChI is InChI=1S/C25H36NO2P/c1-9-25(7,21-15-18(2)14-19(3)23(21)28-17-27-8)29-22-13-11-10-12-20(22)16-26-24(4,5)6/h10-16,29H,9,17H2,1-8H3. The monoisotopic (exact) mass is 413 g/mol. The maximum absolute atomic E-state index is 6.04. The molecule has 4 heteroatoms. The van der Waals surface area contributed by atoms with E-state index < -0.39 is 0 Å². The molecular formula is C25H36NO2P. The first-order valence-electron chi connectivity index (χ1n) is 10.3. The molecule has 0 aliphatic heterocycles. The summed E-state index contributed by atoms with van der Waals surface area (Å²) in [5, 5.41) is 1.30. The lowest BCUT2D eigenvalue weighted by Crippen LogP contribution is -2.22. The minimum atomic E-state index is -0.0842. The number of hydrogen-bond donors (Lipinski definition) is 0. The molecular weight excluding hydrogens is 377 g/mol. The highest BCUT2D eigenvalue weighted by atomic mass is 31.1. The molecule has 2 rings (SSSR count). The van der Waals surface area contributed by atoms with Gasteiger partial charge >= 0.3 is 0 Å². The summed E-state index contributed by atoms with van der Waals surface area (Å²) in [6, 6.07) is 13.1. The van der Waals surface area contributed by atoms with Gasteiger partial charge in [0.05, 0.1) is 5.54 Å². The number of nitrogens with zero attached hydrogens (tertiary/aromatic N) is 1. The molecule has 0 bridgehead atoms. The summed E-state index contributed by atoms with van der Waals surface area (Å²) in [5.74, 6) is 0.954. The van der Waals surface area contributed by atoms with Crippen LogP contribution < -0.4 is 10.0 Å². The van der Waals surface area contributed by atoms with E-state index in [1.54, 1.807) is 7.11 Å². The van der Waals surface area contributed by atoms with Crippen molar-refractivity contribution in [1.82, 2.24) is 0 Å². The van der Waals surface area contributed by atoms with Gasteiger partial charge in [-0.05, 0) is 57.5 Å². The summed E-state index contributed by atoms with van der Waals surface area (Å²) in [6.07, 6.45) is 3.05. The molecule has 0 saturated carbocycles. The molecule has 0 spiro atoms. The van der Waals surface area contributed by atoms with Crippen LogP contribution in [0.25, 0.3) is 0 Å². The quantitative estimate of drug-likeness (QED) is 0.296. The van der Waals surface area contributed by atoms with Gasteiger partial charge in [-0.1, -0.05) is 64.4 Å². The fourth-order valence-electron chi connectivity index (χ4n) is 3.30. The van der Waals surface area contributed by atoms with Crippen LogP contribution in [0.3, 0.4) is 0 Å². The Bertz CT molecular complexity index is 854. The van der Waals surface area contributed by atoms with Crippen molar-refractivity contribution in [2.75, 3.05) is 13.9 Å². The number of aliphatic imine (C=N–C) groups is 1. The smallest absolute Gasteiger partial charge is 0.188 e. The molecule has 0 aliphatic carbocycles. The number of ether oxygens (including phenoxy) is 2. The molecule has 158 valence electrons. The number of benzene rings is 2. The van der Waals surface area contributed by atoms with Crippen LogP contribution >= 0.6 is 8.58 Å². The van der Waals surface area contributed by atoms with Crippen molar-refractivity contribution in [1.29, 1.82) is 0 Å². The van der Waals surface area contributed by atoms with E-state index in [4.69, 9.17) is 14.5 Å². The van der Waals surface area contributed by atoms with Gasteiger partial charge in [-0.2, -0.15) is 0 Å². The van der Waals surface area contributed by atoms with Crippen molar-refractivity contribution in [2.45, 2.75) is 65.6 Å². The third-order valence-corrected chi connectivity index (χ3v) is 6.90. The maximum atomic E-state index is 6.04. The average Bonchev–Trinajstić information content (AvgIpc) is 2.65. The highest BCUT2D eigenvalue weighted by Gasteiger charge is 2.30. The van der Waals surface area contributed by atoms with Crippen LogP contribution in [-0.4, -0.2) is 25.7 Å². The van der Waals surface area contributed by atoms with Gasteiger partial charge in [-0.3, -0.25) is 4.99 Å². The first-order chi connectivity index (χ1) is 13.6. The minimum absolute atomic E-state index is 0.0362. The van der Waals surface area contributed by atoms with Crippen molar-refractivity contribution in [2.24, 2.45) is 4.99 Å². The normalized spacial score (nSPS) is 14.6. The van der Waals surface area contributed by atoms with Crippen LogP contribution in [0.5, 0.6) is 5.75 Å². The van der Waals surface area contributed by atoms with Gasteiger partial charge in [0.15, 0.2) is 6.79 Å². The Kier molecular flexibility index (Phi) is 8.02. The zero-order valence-electron chi connectivity index (χ0n) is 19.2. The van der Waals surface area contributed by atoms with Crippen LogP contribution in [0.4, 0.5) is 0 Å². The van der Waals surface area contributed by atoms with Crippen LogP contribution in [0.15, 0.2) is 41.4 Å². The van der Waals surface area contributed by atoms with E-state index in [0.717, 1.165) is 17.7 Å². The van der Waals surface area contributed by atoms with Crippen molar-refractivity contribution < 1.29 is 9.47 Å². The van der Waals surface area contributed by atoms with Gasteiger partial charge in [-0.15, -0.1) is 0 Å². The SMILES string of the molecule is CCC(C)(Pc1ccccc1C=NC(C)(C)C)c1cc(C)cc(C)c1OCOC. The molecule has 2 atom stereocenters.